The van der Waals surface area contributed by atoms with E-state index >= 15 is 0 Å². The summed E-state index contributed by atoms with van der Waals surface area (Å²) in [4.78, 5) is 11.6. The number of rotatable bonds is 3. The number of benzene rings is 1. The van der Waals surface area contributed by atoms with E-state index in [1.807, 2.05) is 33.8 Å². The van der Waals surface area contributed by atoms with E-state index in [-0.39, 0.29) is 18.1 Å². The molecule has 0 saturated carbocycles. The molecule has 0 aromatic heterocycles. The van der Waals surface area contributed by atoms with Crippen molar-refractivity contribution in [1.82, 2.24) is 0 Å². The number of nitrogens with one attached hydrogen (secondary N) is 1. The summed E-state index contributed by atoms with van der Waals surface area (Å²) >= 11 is 0. The standard InChI is InChI=1S/C13H20N2O2/c1-9-7-10(5-6-11(9)14)15-12(16)8-17-13(2,3)4/h5-7H,8,14H2,1-4H3,(H,15,16). The summed E-state index contributed by atoms with van der Waals surface area (Å²) in [5.74, 6) is -0.163. The van der Waals surface area contributed by atoms with Gasteiger partial charge in [0, 0.05) is 11.4 Å². The molecule has 0 radical (unpaired) electrons. The minimum absolute atomic E-state index is 0.0485. The van der Waals surface area contributed by atoms with Gasteiger partial charge in [0.25, 0.3) is 0 Å². The molecule has 0 atom stereocenters. The van der Waals surface area contributed by atoms with Crippen molar-refractivity contribution < 1.29 is 9.53 Å². The van der Waals surface area contributed by atoms with Gasteiger partial charge in [-0.3, -0.25) is 4.79 Å². The number of carbonyl (C=O) groups excluding carboxylic acids is 1. The molecule has 4 nitrogen and oxygen atoms in total. The van der Waals surface area contributed by atoms with Gasteiger partial charge in [-0.25, -0.2) is 0 Å². The number of amides is 1. The normalized spacial score (nSPS) is 11.3. The first kappa shape index (κ1) is 13.5. The Morgan fingerprint density at radius 2 is 2.06 bits per heavy atom. The van der Waals surface area contributed by atoms with Crippen molar-refractivity contribution in [2.75, 3.05) is 17.7 Å². The van der Waals surface area contributed by atoms with Gasteiger partial charge in [-0.15, -0.1) is 0 Å². The highest BCUT2D eigenvalue weighted by Gasteiger charge is 2.12. The SMILES string of the molecule is Cc1cc(NC(=O)COC(C)(C)C)ccc1N. The van der Waals surface area contributed by atoms with Gasteiger partial charge in [0.2, 0.25) is 5.91 Å². The van der Waals surface area contributed by atoms with Crippen LogP contribution in [0.15, 0.2) is 18.2 Å². The first-order valence-electron chi connectivity index (χ1n) is 5.58. The van der Waals surface area contributed by atoms with Gasteiger partial charge >= 0.3 is 0 Å². The van der Waals surface area contributed by atoms with E-state index in [2.05, 4.69) is 5.32 Å². The molecular weight excluding hydrogens is 216 g/mol. The second kappa shape index (κ2) is 5.19. The summed E-state index contributed by atoms with van der Waals surface area (Å²) in [6.07, 6.45) is 0. The molecule has 1 aromatic rings. The van der Waals surface area contributed by atoms with Crippen molar-refractivity contribution in [3.05, 3.63) is 23.8 Å². The van der Waals surface area contributed by atoms with Crippen molar-refractivity contribution in [3.63, 3.8) is 0 Å². The zero-order valence-corrected chi connectivity index (χ0v) is 10.8. The van der Waals surface area contributed by atoms with Crippen molar-refractivity contribution in [1.29, 1.82) is 0 Å². The van der Waals surface area contributed by atoms with Crippen LogP contribution in [0.2, 0.25) is 0 Å². The molecule has 3 N–H and O–H groups in total. The van der Waals surface area contributed by atoms with Crippen molar-refractivity contribution >= 4 is 17.3 Å². The number of nitrogen functional groups attached to an aromatic ring is 1. The van der Waals surface area contributed by atoms with Gasteiger partial charge in [-0.2, -0.15) is 0 Å². The van der Waals surface area contributed by atoms with Gasteiger partial charge in [0.15, 0.2) is 0 Å². The third kappa shape index (κ3) is 4.87. The first-order chi connectivity index (χ1) is 7.78. The Balaban J connectivity index is 2.54. The minimum atomic E-state index is -0.311. The maximum absolute atomic E-state index is 11.6. The average molecular weight is 236 g/mol. The van der Waals surface area contributed by atoms with Crippen LogP contribution in [0, 0.1) is 6.92 Å². The predicted molar refractivity (Wildman–Crippen MR) is 69.9 cm³/mol. The second-order valence-corrected chi connectivity index (χ2v) is 5.02. The number of anilines is 2. The van der Waals surface area contributed by atoms with Crippen LogP contribution in [0.4, 0.5) is 11.4 Å². The van der Waals surface area contributed by atoms with E-state index in [4.69, 9.17) is 10.5 Å². The first-order valence-corrected chi connectivity index (χ1v) is 5.58. The summed E-state index contributed by atoms with van der Waals surface area (Å²) in [5.41, 5.74) is 7.78. The summed E-state index contributed by atoms with van der Waals surface area (Å²) in [6, 6.07) is 5.39. The molecule has 0 heterocycles. The van der Waals surface area contributed by atoms with E-state index in [1.165, 1.54) is 0 Å². The zero-order valence-electron chi connectivity index (χ0n) is 10.8. The van der Waals surface area contributed by atoms with Gasteiger partial charge in [0.05, 0.1) is 5.60 Å². The minimum Gasteiger partial charge on any atom is -0.399 e. The monoisotopic (exact) mass is 236 g/mol. The van der Waals surface area contributed by atoms with Gasteiger partial charge in [-0.1, -0.05) is 0 Å². The Kier molecular flexibility index (Phi) is 4.12. The smallest absolute Gasteiger partial charge is 0.250 e. The lowest BCUT2D eigenvalue weighted by Gasteiger charge is -2.19. The maximum Gasteiger partial charge on any atom is 0.250 e. The number of hydrogen-bond donors (Lipinski definition) is 2. The van der Waals surface area contributed by atoms with Gasteiger partial charge < -0.3 is 15.8 Å². The average Bonchev–Trinajstić information content (AvgIpc) is 2.20. The zero-order chi connectivity index (χ0) is 13.1. The fourth-order valence-corrected chi connectivity index (χ4v) is 1.23. The van der Waals surface area contributed by atoms with Crippen molar-refractivity contribution in [2.45, 2.75) is 33.3 Å². The van der Waals surface area contributed by atoms with Crippen molar-refractivity contribution in [2.24, 2.45) is 0 Å². The molecule has 0 aliphatic heterocycles. The lowest BCUT2D eigenvalue weighted by atomic mass is 10.2. The van der Waals surface area contributed by atoms with Gasteiger partial charge in [-0.05, 0) is 51.5 Å². The quantitative estimate of drug-likeness (QED) is 0.792. The van der Waals surface area contributed by atoms with Crippen LogP contribution in [-0.2, 0) is 9.53 Å². The fraction of sp³-hybridized carbons (Fsp3) is 0.462. The Labute approximate surface area is 102 Å². The van der Waals surface area contributed by atoms with Crippen LogP contribution in [0.25, 0.3) is 0 Å². The highest BCUT2D eigenvalue weighted by Crippen LogP contribution is 2.16. The Morgan fingerprint density at radius 1 is 1.41 bits per heavy atom. The Bertz CT molecular complexity index is 408. The summed E-state index contributed by atoms with van der Waals surface area (Å²) in [6.45, 7) is 7.68. The molecule has 0 aliphatic rings. The molecule has 94 valence electrons. The molecule has 4 heteroatoms. The van der Waals surface area contributed by atoms with E-state index in [9.17, 15) is 4.79 Å². The molecule has 0 bridgehead atoms. The molecule has 17 heavy (non-hydrogen) atoms. The molecular formula is C13H20N2O2. The molecule has 1 rings (SSSR count). The summed E-state index contributed by atoms with van der Waals surface area (Å²) in [7, 11) is 0. The Morgan fingerprint density at radius 3 is 2.59 bits per heavy atom. The largest absolute Gasteiger partial charge is 0.399 e. The number of hydrogen-bond acceptors (Lipinski definition) is 3. The summed E-state index contributed by atoms with van der Waals surface area (Å²) < 4.78 is 5.38. The third-order valence-corrected chi connectivity index (χ3v) is 2.19. The molecule has 1 aromatic carbocycles. The van der Waals surface area contributed by atoms with Crippen LogP contribution in [0.3, 0.4) is 0 Å². The summed E-state index contributed by atoms with van der Waals surface area (Å²) in [5, 5.41) is 2.76. The molecule has 0 unspecified atom stereocenters. The number of nitrogens with two attached hydrogens (primary N) is 1. The van der Waals surface area contributed by atoms with Crippen molar-refractivity contribution in [3.8, 4) is 0 Å². The molecule has 0 aliphatic carbocycles. The van der Waals surface area contributed by atoms with Gasteiger partial charge in [0.1, 0.15) is 6.61 Å². The number of aryl methyl sites for hydroxylation is 1. The third-order valence-electron chi connectivity index (χ3n) is 2.19. The van der Waals surface area contributed by atoms with E-state index in [0.717, 1.165) is 11.3 Å². The van der Waals surface area contributed by atoms with Crippen LogP contribution < -0.4 is 11.1 Å². The van der Waals surface area contributed by atoms with Crippen LogP contribution in [0.1, 0.15) is 26.3 Å². The number of carbonyl (C=O) groups is 1. The Hall–Kier alpha value is -1.55. The maximum atomic E-state index is 11.6. The lowest BCUT2D eigenvalue weighted by molar-refractivity contribution is -0.125. The fourth-order valence-electron chi connectivity index (χ4n) is 1.23. The van der Waals surface area contributed by atoms with Crippen LogP contribution in [-0.4, -0.2) is 18.1 Å². The van der Waals surface area contributed by atoms with Crippen LogP contribution >= 0.6 is 0 Å². The topological polar surface area (TPSA) is 64.3 Å². The second-order valence-electron chi connectivity index (χ2n) is 5.02. The van der Waals surface area contributed by atoms with E-state index < -0.39 is 0 Å². The predicted octanol–water partition coefficient (Wildman–Crippen LogP) is 2.33. The molecule has 1 amide bonds. The van der Waals surface area contributed by atoms with E-state index in [1.54, 1.807) is 12.1 Å². The highest BCUT2D eigenvalue weighted by molar-refractivity contribution is 5.92. The lowest BCUT2D eigenvalue weighted by Crippen LogP contribution is -2.27. The molecule has 0 spiro atoms. The number of ether oxygens (including phenoxy) is 1. The van der Waals surface area contributed by atoms with E-state index in [0.29, 0.717) is 5.69 Å². The highest BCUT2D eigenvalue weighted by atomic mass is 16.5. The molecule has 0 fully saturated rings. The van der Waals surface area contributed by atoms with Crippen LogP contribution in [0.5, 0.6) is 0 Å². The molecule has 0 saturated heterocycles.